The second kappa shape index (κ2) is 5.94. The van der Waals surface area contributed by atoms with Crippen molar-refractivity contribution in [2.75, 3.05) is 18.4 Å². The zero-order valence-corrected chi connectivity index (χ0v) is 11.8. The van der Waals surface area contributed by atoms with E-state index in [0.717, 1.165) is 17.7 Å². The molecule has 0 bridgehead atoms. The molecular weight excluding hydrogens is 256 g/mol. The Kier molecular flexibility index (Phi) is 4.27. The van der Waals surface area contributed by atoms with Gasteiger partial charge in [0.05, 0.1) is 5.92 Å². The lowest BCUT2D eigenvalue weighted by atomic mass is 9.99. The van der Waals surface area contributed by atoms with E-state index in [1.807, 2.05) is 32.0 Å². The van der Waals surface area contributed by atoms with Gasteiger partial charge in [0.2, 0.25) is 0 Å². The zero-order chi connectivity index (χ0) is 14.7. The molecule has 1 aliphatic rings. The number of carboxylic acid groups (broad SMARTS) is 1. The van der Waals surface area contributed by atoms with Crippen molar-refractivity contribution in [3.63, 3.8) is 0 Å². The van der Waals surface area contributed by atoms with Crippen molar-refractivity contribution in [3.8, 4) is 0 Å². The van der Waals surface area contributed by atoms with Gasteiger partial charge in [0.25, 0.3) is 0 Å². The highest BCUT2D eigenvalue weighted by Crippen LogP contribution is 2.19. The van der Waals surface area contributed by atoms with Gasteiger partial charge < -0.3 is 15.3 Å². The average Bonchev–Trinajstić information content (AvgIpc) is 2.43. The SMILES string of the molecule is Cc1ccc(NC(=O)N2CCCC(C(=O)O)C2)cc1C. The lowest BCUT2D eigenvalue weighted by Gasteiger charge is -2.30. The van der Waals surface area contributed by atoms with Gasteiger partial charge in [-0.15, -0.1) is 0 Å². The highest BCUT2D eigenvalue weighted by atomic mass is 16.4. The summed E-state index contributed by atoms with van der Waals surface area (Å²) in [6.07, 6.45) is 1.38. The van der Waals surface area contributed by atoms with E-state index in [4.69, 9.17) is 5.11 Å². The third-order valence-corrected chi connectivity index (χ3v) is 3.82. The van der Waals surface area contributed by atoms with E-state index in [9.17, 15) is 9.59 Å². The highest BCUT2D eigenvalue weighted by Gasteiger charge is 2.28. The number of benzene rings is 1. The van der Waals surface area contributed by atoms with Gasteiger partial charge in [0.15, 0.2) is 0 Å². The van der Waals surface area contributed by atoms with E-state index >= 15 is 0 Å². The van der Waals surface area contributed by atoms with Crippen molar-refractivity contribution >= 4 is 17.7 Å². The number of urea groups is 1. The number of rotatable bonds is 2. The minimum atomic E-state index is -0.825. The highest BCUT2D eigenvalue weighted by molar-refractivity contribution is 5.90. The average molecular weight is 276 g/mol. The van der Waals surface area contributed by atoms with Crippen molar-refractivity contribution in [2.24, 2.45) is 5.92 Å². The van der Waals surface area contributed by atoms with Gasteiger partial charge >= 0.3 is 12.0 Å². The molecule has 5 nitrogen and oxygen atoms in total. The fourth-order valence-electron chi connectivity index (χ4n) is 2.38. The predicted molar refractivity (Wildman–Crippen MR) is 76.9 cm³/mol. The van der Waals surface area contributed by atoms with Crippen molar-refractivity contribution in [3.05, 3.63) is 29.3 Å². The first-order chi connectivity index (χ1) is 9.47. The second-order valence-electron chi connectivity index (χ2n) is 5.35. The number of hydrogen-bond acceptors (Lipinski definition) is 2. The molecule has 1 unspecified atom stereocenters. The van der Waals surface area contributed by atoms with Crippen LogP contribution in [0, 0.1) is 19.8 Å². The Balaban J connectivity index is 2.00. The second-order valence-corrected chi connectivity index (χ2v) is 5.35. The van der Waals surface area contributed by atoms with E-state index < -0.39 is 11.9 Å². The van der Waals surface area contributed by atoms with Crippen LogP contribution in [-0.4, -0.2) is 35.1 Å². The third-order valence-electron chi connectivity index (χ3n) is 3.82. The van der Waals surface area contributed by atoms with Crippen molar-refractivity contribution in [1.29, 1.82) is 0 Å². The number of aryl methyl sites for hydroxylation is 2. The molecule has 2 rings (SSSR count). The summed E-state index contributed by atoms with van der Waals surface area (Å²) in [6, 6.07) is 5.52. The van der Waals surface area contributed by atoms with Crippen LogP contribution < -0.4 is 5.32 Å². The van der Waals surface area contributed by atoms with Gasteiger partial charge in [-0.3, -0.25) is 4.79 Å². The fraction of sp³-hybridized carbons (Fsp3) is 0.467. The monoisotopic (exact) mass is 276 g/mol. The normalized spacial score (nSPS) is 18.7. The molecule has 0 aliphatic carbocycles. The maximum atomic E-state index is 12.2. The van der Waals surface area contributed by atoms with Gasteiger partial charge in [-0.05, 0) is 49.9 Å². The molecule has 0 saturated carbocycles. The molecule has 1 aliphatic heterocycles. The Morgan fingerprint density at radius 2 is 2.05 bits per heavy atom. The van der Waals surface area contributed by atoms with E-state index in [2.05, 4.69) is 5.32 Å². The number of nitrogens with one attached hydrogen (secondary N) is 1. The summed E-state index contributed by atoms with van der Waals surface area (Å²) in [5.74, 6) is -1.28. The topological polar surface area (TPSA) is 69.6 Å². The quantitative estimate of drug-likeness (QED) is 0.872. The molecule has 1 fully saturated rings. The number of carbonyl (C=O) groups excluding carboxylic acids is 1. The number of nitrogens with zero attached hydrogens (tertiary/aromatic N) is 1. The van der Waals surface area contributed by atoms with Crippen molar-refractivity contribution < 1.29 is 14.7 Å². The molecule has 0 aromatic heterocycles. The van der Waals surface area contributed by atoms with Crippen LogP contribution in [-0.2, 0) is 4.79 Å². The minimum Gasteiger partial charge on any atom is -0.481 e. The number of likely N-dealkylation sites (tertiary alicyclic amines) is 1. The summed E-state index contributed by atoms with van der Waals surface area (Å²) in [5.41, 5.74) is 3.03. The van der Waals surface area contributed by atoms with Crippen LogP contribution in [0.25, 0.3) is 0 Å². The Morgan fingerprint density at radius 1 is 1.30 bits per heavy atom. The van der Waals surface area contributed by atoms with Crippen LogP contribution in [0.2, 0.25) is 0 Å². The smallest absolute Gasteiger partial charge is 0.321 e. The molecule has 1 saturated heterocycles. The number of hydrogen-bond donors (Lipinski definition) is 2. The maximum Gasteiger partial charge on any atom is 0.321 e. The first-order valence-corrected chi connectivity index (χ1v) is 6.83. The van der Waals surface area contributed by atoms with Crippen LogP contribution in [0.1, 0.15) is 24.0 Å². The molecule has 2 N–H and O–H groups in total. The lowest BCUT2D eigenvalue weighted by Crippen LogP contribution is -2.44. The molecule has 5 heteroatoms. The molecule has 20 heavy (non-hydrogen) atoms. The fourth-order valence-corrected chi connectivity index (χ4v) is 2.38. The van der Waals surface area contributed by atoms with E-state index in [1.165, 1.54) is 5.56 Å². The molecule has 0 radical (unpaired) electrons. The van der Waals surface area contributed by atoms with Crippen LogP contribution in [0.5, 0.6) is 0 Å². The Morgan fingerprint density at radius 3 is 2.70 bits per heavy atom. The number of amides is 2. The molecule has 0 spiro atoms. The number of aliphatic carboxylic acids is 1. The maximum absolute atomic E-state index is 12.2. The summed E-state index contributed by atoms with van der Waals surface area (Å²) in [6.45, 7) is 4.90. The standard InChI is InChI=1S/C15H20N2O3/c1-10-5-6-13(8-11(10)2)16-15(20)17-7-3-4-12(9-17)14(18)19/h5-6,8,12H,3-4,7,9H2,1-2H3,(H,16,20)(H,18,19). The first kappa shape index (κ1) is 14.4. The summed E-state index contributed by atoms with van der Waals surface area (Å²) < 4.78 is 0. The number of carbonyl (C=O) groups is 2. The van der Waals surface area contributed by atoms with Gasteiger partial charge in [-0.2, -0.15) is 0 Å². The molecular formula is C15H20N2O3. The predicted octanol–water partition coefficient (Wildman–Crippen LogP) is 2.63. The molecule has 1 atom stereocenters. The third kappa shape index (κ3) is 3.29. The van der Waals surface area contributed by atoms with E-state index in [0.29, 0.717) is 13.0 Å². The van der Waals surface area contributed by atoms with Gasteiger partial charge in [0, 0.05) is 18.8 Å². The summed E-state index contributed by atoms with van der Waals surface area (Å²) in [4.78, 5) is 24.7. The lowest BCUT2D eigenvalue weighted by molar-refractivity contribution is -0.143. The van der Waals surface area contributed by atoms with E-state index in [1.54, 1.807) is 4.90 Å². The Labute approximate surface area is 118 Å². The van der Waals surface area contributed by atoms with Crippen molar-refractivity contribution in [2.45, 2.75) is 26.7 Å². The summed E-state index contributed by atoms with van der Waals surface area (Å²) in [5, 5.41) is 11.9. The van der Waals surface area contributed by atoms with E-state index in [-0.39, 0.29) is 12.6 Å². The summed E-state index contributed by atoms with van der Waals surface area (Å²) >= 11 is 0. The molecule has 108 valence electrons. The number of piperidine rings is 1. The van der Waals surface area contributed by atoms with Gasteiger partial charge in [-0.1, -0.05) is 6.07 Å². The molecule has 2 amide bonds. The van der Waals surface area contributed by atoms with Gasteiger partial charge in [-0.25, -0.2) is 4.79 Å². The first-order valence-electron chi connectivity index (χ1n) is 6.83. The van der Waals surface area contributed by atoms with Crippen LogP contribution >= 0.6 is 0 Å². The summed E-state index contributed by atoms with van der Waals surface area (Å²) in [7, 11) is 0. The van der Waals surface area contributed by atoms with Crippen molar-refractivity contribution in [1.82, 2.24) is 4.90 Å². The largest absolute Gasteiger partial charge is 0.481 e. The van der Waals surface area contributed by atoms with Crippen LogP contribution in [0.4, 0.5) is 10.5 Å². The molecule has 1 aromatic rings. The molecule has 1 aromatic carbocycles. The Bertz CT molecular complexity index is 528. The zero-order valence-electron chi connectivity index (χ0n) is 11.8. The molecule has 1 heterocycles. The minimum absolute atomic E-state index is 0.223. The number of carboxylic acids is 1. The van der Waals surface area contributed by atoms with Crippen LogP contribution in [0.15, 0.2) is 18.2 Å². The van der Waals surface area contributed by atoms with Crippen LogP contribution in [0.3, 0.4) is 0 Å². The Hall–Kier alpha value is -2.04. The number of anilines is 1. The van der Waals surface area contributed by atoms with Gasteiger partial charge in [0.1, 0.15) is 0 Å².